The molecule has 0 N–H and O–H groups in total. The zero-order valence-electron chi connectivity index (χ0n) is 16.6. The third-order valence-corrected chi connectivity index (χ3v) is 6.31. The van der Waals surface area contributed by atoms with E-state index >= 15 is 0 Å². The van der Waals surface area contributed by atoms with E-state index in [1.165, 1.54) is 17.8 Å². The van der Waals surface area contributed by atoms with Crippen molar-refractivity contribution in [3.8, 4) is 0 Å². The standard InChI is InChI=1S/C20H24F2N2O4S/c1-19(2,3)28-18(25)10-17-23-20(7-6-13(21)8-12(20)11-29-17)15-9-14(24(26)27)4-5-16(15)22/h4-5,9,12-13H,6-8,10-11H2,1-3H3/t12-,13?,20-/m0/s1. The molecule has 9 heteroatoms. The zero-order valence-corrected chi connectivity index (χ0v) is 17.4. The minimum Gasteiger partial charge on any atom is -0.460 e. The maximum Gasteiger partial charge on any atom is 0.312 e. The van der Waals surface area contributed by atoms with Gasteiger partial charge in [0.15, 0.2) is 0 Å². The summed E-state index contributed by atoms with van der Waals surface area (Å²) in [5, 5.41) is 11.7. The number of esters is 1. The van der Waals surface area contributed by atoms with Gasteiger partial charge in [-0.15, -0.1) is 11.8 Å². The van der Waals surface area contributed by atoms with E-state index in [0.29, 0.717) is 10.8 Å². The van der Waals surface area contributed by atoms with Gasteiger partial charge in [0, 0.05) is 29.4 Å². The molecule has 158 valence electrons. The Hall–Kier alpha value is -2.03. The summed E-state index contributed by atoms with van der Waals surface area (Å²) in [5.74, 6) is -0.902. The Balaban J connectivity index is 2.02. The number of rotatable bonds is 4. The first kappa shape index (κ1) is 21.7. The number of thioether (sulfide) groups is 1. The predicted octanol–water partition coefficient (Wildman–Crippen LogP) is 4.94. The van der Waals surface area contributed by atoms with Crippen molar-refractivity contribution in [2.75, 3.05) is 5.75 Å². The second-order valence-corrected chi connectivity index (χ2v) is 9.59. The minimum absolute atomic E-state index is 0.0635. The lowest BCUT2D eigenvalue weighted by atomic mass is 9.69. The Bertz CT molecular complexity index is 855. The Labute approximate surface area is 172 Å². The molecule has 0 spiro atoms. The van der Waals surface area contributed by atoms with Crippen molar-refractivity contribution in [1.82, 2.24) is 0 Å². The highest BCUT2D eigenvalue weighted by Crippen LogP contribution is 2.51. The molecule has 0 aromatic heterocycles. The minimum atomic E-state index is -1.11. The Kier molecular flexibility index (Phi) is 5.98. The number of non-ortho nitro benzene ring substituents is 1. The van der Waals surface area contributed by atoms with Crippen LogP contribution in [-0.4, -0.2) is 33.5 Å². The number of ether oxygens (including phenoxy) is 1. The van der Waals surface area contributed by atoms with Crippen LogP contribution in [0.2, 0.25) is 0 Å². The van der Waals surface area contributed by atoms with Crippen LogP contribution in [0.5, 0.6) is 0 Å². The molecule has 1 aromatic rings. The van der Waals surface area contributed by atoms with E-state index < -0.39 is 34.0 Å². The van der Waals surface area contributed by atoms with Crippen LogP contribution < -0.4 is 0 Å². The number of fused-ring (bicyclic) bond motifs is 1. The first-order valence-corrected chi connectivity index (χ1v) is 10.5. The number of hydrogen-bond acceptors (Lipinski definition) is 6. The molecular formula is C20H24F2N2O4S. The van der Waals surface area contributed by atoms with Gasteiger partial charge in [-0.1, -0.05) is 0 Å². The highest BCUT2D eigenvalue weighted by Gasteiger charge is 2.49. The molecule has 0 saturated heterocycles. The van der Waals surface area contributed by atoms with E-state index in [-0.39, 0.29) is 42.9 Å². The van der Waals surface area contributed by atoms with E-state index in [2.05, 4.69) is 0 Å². The van der Waals surface area contributed by atoms with Gasteiger partial charge in [-0.2, -0.15) is 0 Å². The molecule has 29 heavy (non-hydrogen) atoms. The van der Waals surface area contributed by atoms with Crippen molar-refractivity contribution >= 4 is 28.5 Å². The summed E-state index contributed by atoms with van der Waals surface area (Å²) in [6.07, 6.45) is -0.454. The van der Waals surface area contributed by atoms with Crippen LogP contribution in [0.25, 0.3) is 0 Å². The second kappa shape index (κ2) is 8.01. The number of alkyl halides is 1. The molecule has 1 saturated carbocycles. The number of hydrogen-bond donors (Lipinski definition) is 0. The lowest BCUT2D eigenvalue weighted by Crippen LogP contribution is -2.45. The molecule has 1 aliphatic heterocycles. The van der Waals surface area contributed by atoms with Crippen molar-refractivity contribution in [3.63, 3.8) is 0 Å². The van der Waals surface area contributed by atoms with E-state index in [1.54, 1.807) is 20.8 Å². The lowest BCUT2D eigenvalue weighted by molar-refractivity contribution is -0.385. The van der Waals surface area contributed by atoms with Crippen molar-refractivity contribution in [2.24, 2.45) is 10.9 Å². The van der Waals surface area contributed by atoms with E-state index in [9.17, 15) is 23.7 Å². The molecule has 1 heterocycles. The fourth-order valence-electron chi connectivity index (χ4n) is 3.97. The number of nitro benzene ring substituents is 1. The summed E-state index contributed by atoms with van der Waals surface area (Å²) in [6, 6.07) is 3.37. The highest BCUT2D eigenvalue weighted by molar-refractivity contribution is 8.14. The quantitative estimate of drug-likeness (QED) is 0.387. The third-order valence-electron chi connectivity index (χ3n) is 5.17. The van der Waals surface area contributed by atoms with Crippen LogP contribution in [0, 0.1) is 21.8 Å². The molecule has 6 nitrogen and oxygen atoms in total. The summed E-state index contributed by atoms with van der Waals surface area (Å²) in [4.78, 5) is 27.6. The van der Waals surface area contributed by atoms with Crippen molar-refractivity contribution in [1.29, 1.82) is 0 Å². The van der Waals surface area contributed by atoms with Crippen LogP contribution >= 0.6 is 11.8 Å². The fraction of sp³-hybridized carbons (Fsp3) is 0.600. The van der Waals surface area contributed by atoms with Crippen molar-refractivity contribution in [2.45, 2.75) is 63.8 Å². The maximum atomic E-state index is 14.8. The Morgan fingerprint density at radius 1 is 1.45 bits per heavy atom. The smallest absolute Gasteiger partial charge is 0.312 e. The predicted molar refractivity (Wildman–Crippen MR) is 107 cm³/mol. The van der Waals surface area contributed by atoms with Gasteiger partial charge in [-0.3, -0.25) is 19.9 Å². The van der Waals surface area contributed by atoms with Crippen LogP contribution in [-0.2, 0) is 15.1 Å². The van der Waals surface area contributed by atoms with Gasteiger partial charge in [0.2, 0.25) is 0 Å². The SMILES string of the molecule is CC(C)(C)OC(=O)CC1=N[C@@]2(c3cc([N+](=O)[O-])ccc3F)CCC(F)C[C@H]2CS1. The number of nitro groups is 1. The monoisotopic (exact) mass is 426 g/mol. The van der Waals surface area contributed by atoms with Crippen molar-refractivity contribution in [3.05, 3.63) is 39.7 Å². The molecule has 2 aliphatic rings. The molecule has 0 amide bonds. The van der Waals surface area contributed by atoms with Crippen molar-refractivity contribution < 1.29 is 23.2 Å². The molecule has 3 rings (SSSR count). The average molecular weight is 426 g/mol. The molecular weight excluding hydrogens is 402 g/mol. The lowest BCUT2D eigenvalue weighted by Gasteiger charge is -2.45. The summed E-state index contributed by atoms with van der Waals surface area (Å²) in [7, 11) is 0. The maximum absolute atomic E-state index is 14.8. The number of halogens is 2. The first-order chi connectivity index (χ1) is 13.5. The molecule has 0 bridgehead atoms. The van der Waals surface area contributed by atoms with Crippen LogP contribution in [0.3, 0.4) is 0 Å². The van der Waals surface area contributed by atoms with Gasteiger partial charge in [-0.05, 0) is 46.1 Å². The van der Waals surface area contributed by atoms with Crippen LogP contribution in [0.1, 0.15) is 52.0 Å². The fourth-order valence-corrected chi connectivity index (χ4v) is 5.22. The highest BCUT2D eigenvalue weighted by atomic mass is 32.2. The number of aliphatic imine (C=N–C) groups is 1. The van der Waals surface area contributed by atoms with Gasteiger partial charge < -0.3 is 4.74 Å². The first-order valence-electron chi connectivity index (χ1n) is 9.52. The number of carbonyl (C=O) groups is 1. The van der Waals surface area contributed by atoms with Gasteiger partial charge in [0.1, 0.15) is 17.6 Å². The molecule has 1 unspecified atom stereocenters. The Morgan fingerprint density at radius 3 is 2.83 bits per heavy atom. The zero-order chi connectivity index (χ0) is 21.4. The molecule has 3 atom stereocenters. The number of nitrogens with zero attached hydrogens (tertiary/aromatic N) is 2. The molecule has 0 radical (unpaired) electrons. The Morgan fingerprint density at radius 2 is 2.17 bits per heavy atom. The summed E-state index contributed by atoms with van der Waals surface area (Å²) >= 11 is 1.34. The van der Waals surface area contributed by atoms with Crippen LogP contribution in [0.15, 0.2) is 23.2 Å². The summed E-state index contributed by atoms with van der Waals surface area (Å²) < 4.78 is 34.3. The van der Waals surface area contributed by atoms with Gasteiger partial charge in [0.25, 0.3) is 5.69 Å². The van der Waals surface area contributed by atoms with E-state index in [4.69, 9.17) is 9.73 Å². The van der Waals surface area contributed by atoms with Gasteiger partial charge in [0.05, 0.1) is 21.9 Å². The van der Waals surface area contributed by atoms with E-state index in [1.807, 2.05) is 0 Å². The van der Waals surface area contributed by atoms with Crippen LogP contribution in [0.4, 0.5) is 14.5 Å². The van der Waals surface area contributed by atoms with E-state index in [0.717, 1.165) is 12.1 Å². The topological polar surface area (TPSA) is 81.8 Å². The molecule has 1 aliphatic carbocycles. The number of benzene rings is 1. The largest absolute Gasteiger partial charge is 0.460 e. The number of carbonyl (C=O) groups excluding carboxylic acids is 1. The summed E-state index contributed by atoms with van der Waals surface area (Å²) in [5.41, 5.74) is -1.89. The summed E-state index contributed by atoms with van der Waals surface area (Å²) in [6.45, 7) is 5.29. The second-order valence-electron chi connectivity index (χ2n) is 8.49. The molecule has 1 aromatic carbocycles. The average Bonchev–Trinajstić information content (AvgIpc) is 2.60. The van der Waals surface area contributed by atoms with Gasteiger partial charge >= 0.3 is 5.97 Å². The third kappa shape index (κ3) is 4.76. The van der Waals surface area contributed by atoms with Gasteiger partial charge in [-0.25, -0.2) is 8.78 Å². The normalized spacial score (nSPS) is 27.0. The molecule has 1 fully saturated rings.